The Labute approximate surface area is 133 Å². The lowest BCUT2D eigenvalue weighted by Gasteiger charge is -2.06. The molecule has 0 aliphatic heterocycles. The fourth-order valence-corrected chi connectivity index (χ4v) is 2.92. The van der Waals surface area contributed by atoms with Crippen LogP contribution in [0.3, 0.4) is 0 Å². The summed E-state index contributed by atoms with van der Waals surface area (Å²) < 4.78 is 0. The van der Waals surface area contributed by atoms with Gasteiger partial charge in [-0.3, -0.25) is 14.6 Å². The predicted molar refractivity (Wildman–Crippen MR) is 86.5 cm³/mol. The molecular weight excluding hydrogens is 298 g/mol. The van der Waals surface area contributed by atoms with E-state index in [1.54, 1.807) is 17.5 Å². The maximum atomic E-state index is 11.7. The highest BCUT2D eigenvalue weighted by atomic mass is 32.1. The molecule has 2 heterocycles. The quantitative estimate of drug-likeness (QED) is 0.796. The van der Waals surface area contributed by atoms with Gasteiger partial charge in [0.25, 0.3) is 0 Å². The lowest BCUT2D eigenvalue weighted by atomic mass is 10.2. The molecule has 2 rings (SSSR count). The fraction of sp³-hybridized carbons (Fsp3) is 0.312. The van der Waals surface area contributed by atoms with E-state index in [0.29, 0.717) is 19.5 Å². The van der Waals surface area contributed by atoms with Crippen LogP contribution in [0.25, 0.3) is 0 Å². The molecule has 0 aliphatic rings. The number of hydrogen-bond acceptors (Lipinski definition) is 4. The Hall–Kier alpha value is -2.21. The summed E-state index contributed by atoms with van der Waals surface area (Å²) in [6.45, 7) is 2.85. The van der Waals surface area contributed by atoms with E-state index in [-0.39, 0.29) is 0 Å². The number of thiophene rings is 1. The molecule has 116 valence electrons. The molecule has 6 heteroatoms. The standard InChI is InChI=1S/C16H19N3O2S/c1-2-12-7-10-22-14(12)11-19-16(21)15(20)18-9-6-13-5-3-4-8-17-13/h3-5,7-8,10H,2,6,9,11H2,1H3,(H,18,20)(H,19,21). The van der Waals surface area contributed by atoms with Crippen molar-refractivity contribution < 1.29 is 9.59 Å². The first kappa shape index (κ1) is 16.2. The Kier molecular flexibility index (Phi) is 6.09. The van der Waals surface area contributed by atoms with E-state index in [9.17, 15) is 9.59 Å². The molecule has 0 spiro atoms. The molecule has 5 nitrogen and oxygen atoms in total. The number of aryl methyl sites for hydroxylation is 1. The van der Waals surface area contributed by atoms with Gasteiger partial charge in [-0.2, -0.15) is 0 Å². The maximum Gasteiger partial charge on any atom is 0.309 e. The van der Waals surface area contributed by atoms with Crippen molar-refractivity contribution in [3.63, 3.8) is 0 Å². The van der Waals surface area contributed by atoms with Gasteiger partial charge < -0.3 is 10.6 Å². The van der Waals surface area contributed by atoms with Gasteiger partial charge in [0.2, 0.25) is 0 Å². The minimum atomic E-state index is -0.606. The van der Waals surface area contributed by atoms with Crippen molar-refractivity contribution in [2.24, 2.45) is 0 Å². The van der Waals surface area contributed by atoms with Crippen LogP contribution in [0, 0.1) is 0 Å². The van der Waals surface area contributed by atoms with Crippen LogP contribution in [0.1, 0.15) is 23.1 Å². The van der Waals surface area contributed by atoms with Gasteiger partial charge in [-0.25, -0.2) is 0 Å². The fourth-order valence-electron chi connectivity index (χ4n) is 2.01. The molecule has 0 aromatic carbocycles. The third kappa shape index (κ3) is 4.66. The van der Waals surface area contributed by atoms with E-state index < -0.39 is 11.8 Å². The van der Waals surface area contributed by atoms with Crippen LogP contribution in [0.15, 0.2) is 35.8 Å². The van der Waals surface area contributed by atoms with Gasteiger partial charge >= 0.3 is 11.8 Å². The largest absolute Gasteiger partial charge is 0.347 e. The van der Waals surface area contributed by atoms with Crippen LogP contribution in [-0.2, 0) is 29.0 Å². The number of nitrogens with one attached hydrogen (secondary N) is 2. The summed E-state index contributed by atoms with van der Waals surface area (Å²) in [5, 5.41) is 7.25. The molecule has 0 radical (unpaired) electrons. The van der Waals surface area contributed by atoms with Crippen molar-refractivity contribution in [3.05, 3.63) is 52.0 Å². The molecule has 2 N–H and O–H groups in total. The van der Waals surface area contributed by atoms with Crippen LogP contribution in [0.5, 0.6) is 0 Å². The Bertz CT molecular complexity index is 625. The van der Waals surface area contributed by atoms with E-state index in [0.717, 1.165) is 17.0 Å². The number of amides is 2. The van der Waals surface area contributed by atoms with E-state index in [4.69, 9.17) is 0 Å². The highest BCUT2D eigenvalue weighted by Crippen LogP contribution is 2.16. The Balaban J connectivity index is 1.72. The molecule has 22 heavy (non-hydrogen) atoms. The molecule has 2 aromatic rings. The van der Waals surface area contributed by atoms with Crippen LogP contribution >= 0.6 is 11.3 Å². The van der Waals surface area contributed by atoms with E-state index >= 15 is 0 Å². The number of aromatic nitrogens is 1. The normalized spacial score (nSPS) is 10.2. The Morgan fingerprint density at radius 1 is 1.18 bits per heavy atom. The van der Waals surface area contributed by atoms with Gasteiger partial charge in [-0.1, -0.05) is 13.0 Å². The number of hydrogen-bond donors (Lipinski definition) is 2. The van der Waals surface area contributed by atoms with Crippen molar-refractivity contribution in [2.75, 3.05) is 6.54 Å². The number of carbonyl (C=O) groups excluding carboxylic acids is 2. The molecule has 0 aliphatic carbocycles. The topological polar surface area (TPSA) is 71.1 Å². The molecule has 0 saturated heterocycles. The summed E-state index contributed by atoms with van der Waals surface area (Å²) >= 11 is 1.59. The summed E-state index contributed by atoms with van der Waals surface area (Å²) in [5.41, 5.74) is 2.09. The molecule has 0 fully saturated rings. The third-order valence-corrected chi connectivity index (χ3v) is 4.19. The van der Waals surface area contributed by atoms with Gasteiger partial charge in [-0.05, 0) is 35.6 Å². The van der Waals surface area contributed by atoms with Crippen molar-refractivity contribution in [1.82, 2.24) is 15.6 Å². The van der Waals surface area contributed by atoms with Crippen molar-refractivity contribution in [3.8, 4) is 0 Å². The Morgan fingerprint density at radius 2 is 2.00 bits per heavy atom. The van der Waals surface area contributed by atoms with Crippen LogP contribution in [-0.4, -0.2) is 23.3 Å². The summed E-state index contributed by atoms with van der Waals surface area (Å²) in [5.74, 6) is -1.21. The molecule has 0 atom stereocenters. The molecule has 2 aromatic heterocycles. The van der Waals surface area contributed by atoms with Gasteiger partial charge in [0, 0.05) is 29.7 Å². The van der Waals surface area contributed by atoms with Gasteiger partial charge in [-0.15, -0.1) is 11.3 Å². The zero-order chi connectivity index (χ0) is 15.8. The molecule has 2 amide bonds. The highest BCUT2D eigenvalue weighted by molar-refractivity contribution is 7.10. The number of pyridine rings is 1. The number of rotatable bonds is 6. The zero-order valence-corrected chi connectivity index (χ0v) is 13.3. The summed E-state index contributed by atoms with van der Waals surface area (Å²) in [4.78, 5) is 28.7. The van der Waals surface area contributed by atoms with Crippen molar-refractivity contribution in [2.45, 2.75) is 26.3 Å². The van der Waals surface area contributed by atoms with Gasteiger partial charge in [0.1, 0.15) is 0 Å². The lowest BCUT2D eigenvalue weighted by Crippen LogP contribution is -2.40. The van der Waals surface area contributed by atoms with E-state index in [1.165, 1.54) is 5.56 Å². The highest BCUT2D eigenvalue weighted by Gasteiger charge is 2.13. The lowest BCUT2D eigenvalue weighted by molar-refractivity contribution is -0.139. The number of carbonyl (C=O) groups is 2. The molecule has 0 unspecified atom stereocenters. The van der Waals surface area contributed by atoms with Crippen molar-refractivity contribution in [1.29, 1.82) is 0 Å². The summed E-state index contributed by atoms with van der Waals surface area (Å²) in [6, 6.07) is 7.66. The first-order valence-corrected chi connectivity index (χ1v) is 8.10. The first-order chi connectivity index (χ1) is 10.7. The van der Waals surface area contributed by atoms with Gasteiger partial charge in [0.05, 0.1) is 6.54 Å². The first-order valence-electron chi connectivity index (χ1n) is 7.22. The predicted octanol–water partition coefficient (Wildman–Crippen LogP) is 1.68. The summed E-state index contributed by atoms with van der Waals surface area (Å²) in [6.07, 6.45) is 3.23. The van der Waals surface area contributed by atoms with Crippen LogP contribution < -0.4 is 10.6 Å². The monoisotopic (exact) mass is 317 g/mol. The molecule has 0 saturated carbocycles. The second-order valence-corrected chi connectivity index (χ2v) is 5.73. The third-order valence-electron chi connectivity index (χ3n) is 3.23. The van der Waals surface area contributed by atoms with Crippen LogP contribution in [0.2, 0.25) is 0 Å². The zero-order valence-electron chi connectivity index (χ0n) is 12.5. The summed E-state index contributed by atoms with van der Waals surface area (Å²) in [7, 11) is 0. The maximum absolute atomic E-state index is 11.7. The molecule has 0 bridgehead atoms. The second kappa shape index (κ2) is 8.29. The average molecular weight is 317 g/mol. The molecular formula is C16H19N3O2S. The SMILES string of the molecule is CCc1ccsc1CNC(=O)C(=O)NCCc1ccccn1. The van der Waals surface area contributed by atoms with Crippen molar-refractivity contribution >= 4 is 23.2 Å². The van der Waals surface area contributed by atoms with Crippen LogP contribution in [0.4, 0.5) is 0 Å². The second-order valence-electron chi connectivity index (χ2n) is 4.73. The van der Waals surface area contributed by atoms with E-state index in [2.05, 4.69) is 22.5 Å². The Morgan fingerprint density at radius 3 is 2.73 bits per heavy atom. The van der Waals surface area contributed by atoms with E-state index in [1.807, 2.05) is 29.6 Å². The smallest absolute Gasteiger partial charge is 0.309 e. The average Bonchev–Trinajstić information content (AvgIpc) is 3.01. The minimum Gasteiger partial charge on any atom is -0.347 e. The van der Waals surface area contributed by atoms with Gasteiger partial charge in [0.15, 0.2) is 0 Å². The number of nitrogens with zero attached hydrogens (tertiary/aromatic N) is 1. The minimum absolute atomic E-state index is 0.391.